The highest BCUT2D eigenvalue weighted by Crippen LogP contribution is 2.16. The number of benzene rings is 1. The SMILES string of the molecule is Cc1ccn(-c2ccc(C(=O)N[C@H]3CCc4nnc(C)n4C3)cc2)n1. The van der Waals surface area contributed by atoms with Gasteiger partial charge in [-0.1, -0.05) is 0 Å². The lowest BCUT2D eigenvalue weighted by molar-refractivity contribution is 0.0927. The van der Waals surface area contributed by atoms with Gasteiger partial charge in [-0.2, -0.15) is 5.10 Å². The summed E-state index contributed by atoms with van der Waals surface area (Å²) >= 11 is 0. The number of hydrogen-bond donors (Lipinski definition) is 1. The molecule has 3 aromatic rings. The summed E-state index contributed by atoms with van der Waals surface area (Å²) in [4.78, 5) is 12.5. The van der Waals surface area contributed by atoms with Crippen molar-refractivity contribution in [3.05, 3.63) is 59.4 Å². The molecular formula is C18H20N6O. The first kappa shape index (κ1) is 15.6. The normalized spacial score (nSPS) is 16.5. The van der Waals surface area contributed by atoms with Crippen LogP contribution in [0.5, 0.6) is 0 Å². The van der Waals surface area contributed by atoms with Crippen LogP contribution in [-0.4, -0.2) is 36.5 Å². The van der Waals surface area contributed by atoms with Crippen LogP contribution in [0, 0.1) is 13.8 Å². The number of carbonyl (C=O) groups excluding carboxylic acids is 1. The quantitative estimate of drug-likeness (QED) is 0.791. The predicted molar refractivity (Wildman–Crippen MR) is 92.6 cm³/mol. The average Bonchev–Trinajstić information content (AvgIpc) is 3.21. The summed E-state index contributed by atoms with van der Waals surface area (Å²) in [5, 5.41) is 15.8. The van der Waals surface area contributed by atoms with Gasteiger partial charge >= 0.3 is 0 Å². The van der Waals surface area contributed by atoms with Gasteiger partial charge in [0, 0.05) is 30.8 Å². The molecule has 0 fully saturated rings. The van der Waals surface area contributed by atoms with Crippen LogP contribution in [0.1, 0.15) is 34.1 Å². The van der Waals surface area contributed by atoms with Gasteiger partial charge in [0.1, 0.15) is 11.6 Å². The summed E-state index contributed by atoms with van der Waals surface area (Å²) in [5.41, 5.74) is 2.55. The molecule has 1 aliphatic heterocycles. The molecule has 25 heavy (non-hydrogen) atoms. The molecule has 128 valence electrons. The Morgan fingerprint density at radius 3 is 2.68 bits per heavy atom. The lowest BCUT2D eigenvalue weighted by Gasteiger charge is -2.25. The second kappa shape index (κ2) is 6.16. The van der Waals surface area contributed by atoms with Crippen LogP contribution in [0.25, 0.3) is 5.69 Å². The van der Waals surface area contributed by atoms with E-state index in [-0.39, 0.29) is 11.9 Å². The van der Waals surface area contributed by atoms with Crippen molar-refractivity contribution in [1.29, 1.82) is 0 Å². The average molecular weight is 336 g/mol. The summed E-state index contributed by atoms with van der Waals surface area (Å²) in [7, 11) is 0. The molecule has 1 N–H and O–H groups in total. The van der Waals surface area contributed by atoms with Crippen LogP contribution in [0.2, 0.25) is 0 Å². The number of nitrogens with one attached hydrogen (secondary N) is 1. The highest BCUT2D eigenvalue weighted by Gasteiger charge is 2.23. The van der Waals surface area contributed by atoms with E-state index in [2.05, 4.69) is 25.2 Å². The monoisotopic (exact) mass is 336 g/mol. The third-order valence-corrected chi connectivity index (χ3v) is 4.58. The minimum Gasteiger partial charge on any atom is -0.347 e. The molecular weight excluding hydrogens is 316 g/mol. The van der Waals surface area contributed by atoms with E-state index in [1.807, 2.05) is 50.4 Å². The van der Waals surface area contributed by atoms with Crippen LogP contribution in [0.3, 0.4) is 0 Å². The number of aryl methyl sites for hydroxylation is 3. The second-order valence-electron chi connectivity index (χ2n) is 6.43. The standard InChI is InChI=1S/C18H20N6O/c1-12-9-10-24(22-12)16-6-3-14(4-7-16)18(25)19-15-5-8-17-21-20-13(2)23(17)11-15/h3-4,6-7,9-10,15H,5,8,11H2,1-2H3,(H,19,25)/t15-/m0/s1. The van der Waals surface area contributed by atoms with Gasteiger partial charge in [0.2, 0.25) is 0 Å². The van der Waals surface area contributed by atoms with Gasteiger partial charge in [0.15, 0.2) is 0 Å². The molecule has 3 heterocycles. The van der Waals surface area contributed by atoms with E-state index in [0.717, 1.165) is 42.4 Å². The Kier molecular flexibility index (Phi) is 3.83. The predicted octanol–water partition coefficient (Wildman–Crippen LogP) is 1.83. The highest BCUT2D eigenvalue weighted by atomic mass is 16.1. The van der Waals surface area contributed by atoms with E-state index < -0.39 is 0 Å². The van der Waals surface area contributed by atoms with E-state index in [1.54, 1.807) is 4.68 Å². The molecule has 0 saturated heterocycles. The summed E-state index contributed by atoms with van der Waals surface area (Å²) in [6.45, 7) is 4.62. The third-order valence-electron chi connectivity index (χ3n) is 4.58. The van der Waals surface area contributed by atoms with Gasteiger partial charge in [-0.15, -0.1) is 10.2 Å². The highest BCUT2D eigenvalue weighted by molar-refractivity contribution is 5.94. The third kappa shape index (κ3) is 3.05. The fraction of sp³-hybridized carbons (Fsp3) is 0.333. The summed E-state index contributed by atoms with van der Waals surface area (Å²) in [5.74, 6) is 1.84. The molecule has 0 spiro atoms. The number of carbonyl (C=O) groups is 1. The Morgan fingerprint density at radius 1 is 1.16 bits per heavy atom. The number of aromatic nitrogens is 5. The molecule has 1 aromatic carbocycles. The first-order valence-corrected chi connectivity index (χ1v) is 8.42. The summed E-state index contributed by atoms with van der Waals surface area (Å²) in [6.07, 6.45) is 3.63. The molecule has 7 nitrogen and oxygen atoms in total. The zero-order chi connectivity index (χ0) is 17.4. The van der Waals surface area contributed by atoms with Gasteiger partial charge in [0.25, 0.3) is 5.91 Å². The molecule has 0 aliphatic carbocycles. The van der Waals surface area contributed by atoms with Gasteiger partial charge in [-0.05, 0) is 50.6 Å². The van der Waals surface area contributed by atoms with E-state index in [4.69, 9.17) is 0 Å². The molecule has 2 aromatic heterocycles. The maximum absolute atomic E-state index is 12.5. The molecule has 0 radical (unpaired) electrons. The van der Waals surface area contributed by atoms with Gasteiger partial charge < -0.3 is 9.88 Å². The lowest BCUT2D eigenvalue weighted by Crippen LogP contribution is -2.41. The van der Waals surface area contributed by atoms with Crippen molar-refractivity contribution in [2.24, 2.45) is 0 Å². The maximum atomic E-state index is 12.5. The molecule has 0 bridgehead atoms. The van der Waals surface area contributed by atoms with E-state index in [1.165, 1.54) is 0 Å². The number of amides is 1. The van der Waals surface area contributed by atoms with Crippen molar-refractivity contribution >= 4 is 5.91 Å². The first-order valence-electron chi connectivity index (χ1n) is 8.42. The Balaban J connectivity index is 1.44. The fourth-order valence-corrected chi connectivity index (χ4v) is 3.17. The zero-order valence-corrected chi connectivity index (χ0v) is 14.3. The summed E-state index contributed by atoms with van der Waals surface area (Å²) < 4.78 is 3.88. The lowest BCUT2D eigenvalue weighted by atomic mass is 10.1. The molecule has 1 atom stereocenters. The Labute approximate surface area is 145 Å². The van der Waals surface area contributed by atoms with Crippen LogP contribution in [-0.2, 0) is 13.0 Å². The molecule has 0 saturated carbocycles. The minimum absolute atomic E-state index is 0.0534. The van der Waals surface area contributed by atoms with Gasteiger partial charge in [0.05, 0.1) is 11.4 Å². The van der Waals surface area contributed by atoms with Crippen molar-refractivity contribution in [3.8, 4) is 5.69 Å². The van der Waals surface area contributed by atoms with Crippen molar-refractivity contribution in [3.63, 3.8) is 0 Å². The number of nitrogens with zero attached hydrogens (tertiary/aromatic N) is 5. The fourth-order valence-electron chi connectivity index (χ4n) is 3.17. The zero-order valence-electron chi connectivity index (χ0n) is 14.3. The Morgan fingerprint density at radius 2 is 1.96 bits per heavy atom. The van der Waals surface area contributed by atoms with E-state index in [9.17, 15) is 4.79 Å². The molecule has 7 heteroatoms. The maximum Gasteiger partial charge on any atom is 0.251 e. The van der Waals surface area contributed by atoms with Gasteiger partial charge in [-0.25, -0.2) is 4.68 Å². The topological polar surface area (TPSA) is 77.6 Å². The Hall–Kier alpha value is -2.96. The van der Waals surface area contributed by atoms with Crippen LogP contribution >= 0.6 is 0 Å². The van der Waals surface area contributed by atoms with Crippen molar-refractivity contribution in [2.75, 3.05) is 0 Å². The van der Waals surface area contributed by atoms with Crippen molar-refractivity contribution < 1.29 is 4.79 Å². The largest absolute Gasteiger partial charge is 0.347 e. The smallest absolute Gasteiger partial charge is 0.251 e. The van der Waals surface area contributed by atoms with E-state index >= 15 is 0 Å². The van der Waals surface area contributed by atoms with Crippen molar-refractivity contribution in [2.45, 2.75) is 39.3 Å². The molecule has 1 amide bonds. The van der Waals surface area contributed by atoms with E-state index in [0.29, 0.717) is 5.56 Å². The Bertz CT molecular complexity index is 908. The number of fused-ring (bicyclic) bond motifs is 1. The second-order valence-corrected chi connectivity index (χ2v) is 6.43. The first-order chi connectivity index (χ1) is 12.1. The molecule has 0 unspecified atom stereocenters. The van der Waals surface area contributed by atoms with Crippen LogP contribution in [0.15, 0.2) is 36.5 Å². The van der Waals surface area contributed by atoms with Crippen LogP contribution < -0.4 is 5.32 Å². The van der Waals surface area contributed by atoms with Gasteiger partial charge in [-0.3, -0.25) is 4.79 Å². The number of hydrogen-bond acceptors (Lipinski definition) is 4. The van der Waals surface area contributed by atoms with Crippen LogP contribution in [0.4, 0.5) is 0 Å². The number of rotatable bonds is 3. The molecule has 4 rings (SSSR count). The minimum atomic E-state index is -0.0534. The molecule has 1 aliphatic rings. The van der Waals surface area contributed by atoms with Crippen molar-refractivity contribution in [1.82, 2.24) is 29.9 Å². The summed E-state index contributed by atoms with van der Waals surface area (Å²) in [6, 6.07) is 9.53.